The standard InChI is InChI=1S/C27H39N5O3/c1-18(2)35-22(28-6)16-29-26(34)24(27(3,4)5)30-25(33)23-20-14-10-11-15-21(20)32(31-23)17-19-12-8-7-9-13-19/h10-11,14-15,19,24H,1,7-9,12-13,16-17H2,2-6H3,(H,29,34)(H,30,33). The normalized spacial score (nSPS) is 16.1. The van der Waals surface area contributed by atoms with Gasteiger partial charge in [-0.15, -0.1) is 0 Å². The minimum Gasteiger partial charge on any atom is -0.447 e. The van der Waals surface area contributed by atoms with E-state index in [1.54, 1.807) is 14.0 Å². The van der Waals surface area contributed by atoms with E-state index in [0.717, 1.165) is 17.4 Å². The van der Waals surface area contributed by atoms with E-state index in [0.29, 0.717) is 23.3 Å². The van der Waals surface area contributed by atoms with Gasteiger partial charge in [0.25, 0.3) is 5.91 Å². The first kappa shape index (κ1) is 26.4. The molecule has 0 saturated heterocycles. The lowest BCUT2D eigenvalue weighted by Gasteiger charge is -2.30. The average Bonchev–Trinajstić information content (AvgIpc) is 3.18. The van der Waals surface area contributed by atoms with Gasteiger partial charge in [0.15, 0.2) is 5.69 Å². The lowest BCUT2D eigenvalue weighted by atomic mass is 9.86. The fraction of sp³-hybridized carbons (Fsp3) is 0.556. The molecule has 0 radical (unpaired) electrons. The molecule has 3 rings (SSSR count). The highest BCUT2D eigenvalue weighted by atomic mass is 16.5. The zero-order valence-electron chi connectivity index (χ0n) is 21.7. The molecule has 1 unspecified atom stereocenters. The molecular formula is C27H39N5O3. The molecule has 2 N–H and O–H groups in total. The molecule has 1 fully saturated rings. The quantitative estimate of drug-likeness (QED) is 0.331. The molecule has 0 bridgehead atoms. The second-order valence-electron chi connectivity index (χ2n) is 10.5. The molecule has 1 aliphatic rings. The molecule has 1 aromatic carbocycles. The van der Waals surface area contributed by atoms with Crippen LogP contribution in [0.2, 0.25) is 0 Å². The lowest BCUT2D eigenvalue weighted by molar-refractivity contribution is -0.125. The van der Waals surface area contributed by atoms with Crippen LogP contribution >= 0.6 is 0 Å². The van der Waals surface area contributed by atoms with Crippen molar-refractivity contribution in [1.82, 2.24) is 20.4 Å². The van der Waals surface area contributed by atoms with E-state index in [1.807, 2.05) is 49.7 Å². The summed E-state index contributed by atoms with van der Waals surface area (Å²) in [6, 6.07) is 7.02. The summed E-state index contributed by atoms with van der Waals surface area (Å²) in [5, 5.41) is 11.3. The van der Waals surface area contributed by atoms with Crippen molar-refractivity contribution in [3.63, 3.8) is 0 Å². The second-order valence-corrected chi connectivity index (χ2v) is 10.5. The minimum absolute atomic E-state index is 0.101. The van der Waals surface area contributed by atoms with Gasteiger partial charge < -0.3 is 15.4 Å². The first-order valence-electron chi connectivity index (χ1n) is 12.4. The van der Waals surface area contributed by atoms with Crippen molar-refractivity contribution in [3.8, 4) is 0 Å². The minimum atomic E-state index is -0.778. The van der Waals surface area contributed by atoms with Crippen molar-refractivity contribution in [3.05, 3.63) is 42.3 Å². The first-order chi connectivity index (χ1) is 16.6. The number of allylic oxidation sites excluding steroid dienone is 1. The Balaban J connectivity index is 1.79. The average molecular weight is 482 g/mol. The Labute approximate surface area is 208 Å². The molecule has 2 aromatic rings. The van der Waals surface area contributed by atoms with Crippen LogP contribution in [0.4, 0.5) is 0 Å². The number of aromatic nitrogens is 2. The monoisotopic (exact) mass is 481 g/mol. The van der Waals surface area contributed by atoms with E-state index in [9.17, 15) is 9.59 Å². The summed E-state index contributed by atoms with van der Waals surface area (Å²) in [6.07, 6.45) is 6.19. The predicted octanol–water partition coefficient (Wildman–Crippen LogP) is 4.46. The van der Waals surface area contributed by atoms with Crippen LogP contribution in [0.1, 0.15) is 70.3 Å². The number of benzene rings is 1. The van der Waals surface area contributed by atoms with Crippen LogP contribution in [-0.4, -0.2) is 47.1 Å². The van der Waals surface area contributed by atoms with E-state index in [2.05, 4.69) is 22.2 Å². The van der Waals surface area contributed by atoms with Gasteiger partial charge in [0.2, 0.25) is 11.8 Å². The number of nitrogens with zero attached hydrogens (tertiary/aromatic N) is 3. The van der Waals surface area contributed by atoms with Crippen LogP contribution < -0.4 is 10.6 Å². The van der Waals surface area contributed by atoms with Gasteiger partial charge in [0.05, 0.1) is 17.8 Å². The van der Waals surface area contributed by atoms with Crippen molar-refractivity contribution >= 4 is 28.6 Å². The third-order valence-corrected chi connectivity index (χ3v) is 6.39. The van der Waals surface area contributed by atoms with Crippen LogP contribution in [0, 0.1) is 11.3 Å². The predicted molar refractivity (Wildman–Crippen MR) is 139 cm³/mol. The molecule has 0 spiro atoms. The van der Waals surface area contributed by atoms with E-state index in [1.165, 1.54) is 32.1 Å². The van der Waals surface area contributed by atoms with Crippen molar-refractivity contribution in [2.75, 3.05) is 13.6 Å². The topological polar surface area (TPSA) is 97.6 Å². The number of hydrogen-bond acceptors (Lipinski definition) is 5. The highest BCUT2D eigenvalue weighted by molar-refractivity contribution is 6.06. The third kappa shape index (κ3) is 6.93. The molecular weight excluding hydrogens is 442 g/mol. The van der Waals surface area contributed by atoms with Gasteiger partial charge >= 0.3 is 0 Å². The lowest BCUT2D eigenvalue weighted by Crippen LogP contribution is -2.54. The van der Waals surface area contributed by atoms with Crippen LogP contribution in [0.3, 0.4) is 0 Å². The summed E-state index contributed by atoms with van der Waals surface area (Å²) in [5.41, 5.74) is 0.763. The fourth-order valence-corrected chi connectivity index (χ4v) is 4.55. The molecule has 35 heavy (non-hydrogen) atoms. The molecule has 1 saturated carbocycles. The Morgan fingerprint density at radius 2 is 1.91 bits per heavy atom. The molecule has 2 amide bonds. The van der Waals surface area contributed by atoms with Gasteiger partial charge in [-0.1, -0.05) is 64.8 Å². The summed E-state index contributed by atoms with van der Waals surface area (Å²) in [4.78, 5) is 30.6. The van der Waals surface area contributed by atoms with Crippen LogP contribution in [0.25, 0.3) is 10.9 Å². The number of aliphatic imine (C=N–C) groups is 1. The summed E-state index contributed by atoms with van der Waals surface area (Å²) < 4.78 is 7.38. The Bertz CT molecular complexity index is 1090. The van der Waals surface area contributed by atoms with E-state index >= 15 is 0 Å². The number of ether oxygens (including phenoxy) is 1. The van der Waals surface area contributed by atoms with Crippen LogP contribution in [0.5, 0.6) is 0 Å². The summed E-state index contributed by atoms with van der Waals surface area (Å²) in [5.74, 6) is 0.727. The maximum Gasteiger partial charge on any atom is 0.273 e. The van der Waals surface area contributed by atoms with Gasteiger partial charge in [-0.2, -0.15) is 5.10 Å². The third-order valence-electron chi connectivity index (χ3n) is 6.39. The van der Waals surface area contributed by atoms with Crippen molar-refractivity contribution in [1.29, 1.82) is 0 Å². The largest absolute Gasteiger partial charge is 0.447 e. The number of carbonyl (C=O) groups is 2. The van der Waals surface area contributed by atoms with Gasteiger partial charge in [-0.25, -0.2) is 0 Å². The smallest absolute Gasteiger partial charge is 0.273 e. The number of para-hydroxylation sites is 1. The molecule has 1 aliphatic carbocycles. The summed E-state index contributed by atoms with van der Waals surface area (Å²) >= 11 is 0. The van der Waals surface area contributed by atoms with Crippen molar-refractivity contribution in [2.24, 2.45) is 16.3 Å². The maximum absolute atomic E-state index is 13.4. The Morgan fingerprint density at radius 3 is 2.54 bits per heavy atom. The fourth-order valence-electron chi connectivity index (χ4n) is 4.55. The Hall–Kier alpha value is -3.16. The molecule has 1 aromatic heterocycles. The number of carbonyl (C=O) groups excluding carboxylic acids is 2. The second kappa shape index (κ2) is 11.5. The summed E-state index contributed by atoms with van der Waals surface area (Å²) in [7, 11) is 1.59. The molecule has 8 heteroatoms. The molecule has 1 heterocycles. The maximum atomic E-state index is 13.4. The highest BCUT2D eigenvalue weighted by Crippen LogP contribution is 2.28. The molecule has 190 valence electrons. The zero-order valence-corrected chi connectivity index (χ0v) is 21.7. The van der Waals surface area contributed by atoms with Gasteiger partial charge in [-0.05, 0) is 37.2 Å². The SMILES string of the molecule is C=C(C)OC(CNC(=O)C(NC(=O)c1nn(CC2CCCCC2)c2ccccc12)C(C)(C)C)=NC. The van der Waals surface area contributed by atoms with Gasteiger partial charge in [0.1, 0.15) is 6.04 Å². The van der Waals surface area contributed by atoms with Crippen molar-refractivity contribution in [2.45, 2.75) is 72.4 Å². The highest BCUT2D eigenvalue weighted by Gasteiger charge is 2.34. The Morgan fingerprint density at radius 1 is 1.23 bits per heavy atom. The van der Waals surface area contributed by atoms with E-state index < -0.39 is 11.5 Å². The zero-order chi connectivity index (χ0) is 25.6. The van der Waals surface area contributed by atoms with Gasteiger partial charge in [0, 0.05) is 19.0 Å². The van der Waals surface area contributed by atoms with Gasteiger partial charge in [-0.3, -0.25) is 19.3 Å². The number of nitrogens with one attached hydrogen (secondary N) is 2. The molecule has 8 nitrogen and oxygen atoms in total. The van der Waals surface area contributed by atoms with Crippen LogP contribution in [0.15, 0.2) is 41.6 Å². The molecule has 1 atom stereocenters. The number of amides is 2. The molecule has 0 aliphatic heterocycles. The Kier molecular flexibility index (Phi) is 8.70. The van der Waals surface area contributed by atoms with Crippen molar-refractivity contribution < 1.29 is 14.3 Å². The number of rotatable bonds is 8. The number of fused-ring (bicyclic) bond motifs is 1. The van der Waals surface area contributed by atoms with E-state index in [4.69, 9.17) is 9.84 Å². The van der Waals surface area contributed by atoms with E-state index in [-0.39, 0.29) is 18.4 Å². The first-order valence-corrected chi connectivity index (χ1v) is 12.4. The number of hydrogen-bond donors (Lipinski definition) is 2. The summed E-state index contributed by atoms with van der Waals surface area (Å²) in [6.45, 7) is 12.1. The van der Waals surface area contributed by atoms with Crippen LogP contribution in [-0.2, 0) is 16.1 Å².